The van der Waals surface area contributed by atoms with Crippen LogP contribution in [0.2, 0.25) is 0 Å². The molecule has 0 aromatic heterocycles. The van der Waals surface area contributed by atoms with E-state index < -0.39 is 0 Å². The lowest BCUT2D eigenvalue weighted by Crippen LogP contribution is -2.53. The maximum absolute atomic E-state index is 2.89. The summed E-state index contributed by atoms with van der Waals surface area (Å²) in [6, 6.07) is 0. The molecule has 222 valence electrons. The minimum Gasteiger partial charge on any atom is -0.300 e. The fourth-order valence-corrected chi connectivity index (χ4v) is 9.70. The summed E-state index contributed by atoms with van der Waals surface area (Å²) in [6.07, 6.45) is 33.0. The van der Waals surface area contributed by atoms with E-state index in [4.69, 9.17) is 0 Å². The summed E-state index contributed by atoms with van der Waals surface area (Å²) in [5.74, 6) is 6.02. The van der Waals surface area contributed by atoms with Gasteiger partial charge in [0.05, 0.1) is 0 Å². The van der Waals surface area contributed by atoms with Crippen molar-refractivity contribution in [2.45, 2.75) is 175 Å². The summed E-state index contributed by atoms with van der Waals surface area (Å²) in [6.45, 7) is 13.4. The fourth-order valence-electron chi connectivity index (χ4n) is 9.70. The average molecular weight is 528 g/mol. The van der Waals surface area contributed by atoms with Crippen molar-refractivity contribution in [3.63, 3.8) is 0 Å². The summed E-state index contributed by atoms with van der Waals surface area (Å²) in [5, 5.41) is 0. The third kappa shape index (κ3) is 9.38. The Hall–Kier alpha value is -0.300. The first-order valence-electron chi connectivity index (χ1n) is 17.8. The highest BCUT2D eigenvalue weighted by Gasteiger charge is 2.44. The van der Waals surface area contributed by atoms with Crippen LogP contribution in [0.25, 0.3) is 0 Å². The van der Waals surface area contributed by atoms with Crippen LogP contribution in [-0.4, -0.2) is 24.0 Å². The van der Waals surface area contributed by atoms with E-state index in [1.54, 1.807) is 18.4 Å². The number of nitrogens with zero attached hydrogens (tertiary/aromatic N) is 1. The van der Waals surface area contributed by atoms with E-state index in [1.165, 1.54) is 129 Å². The van der Waals surface area contributed by atoms with Crippen molar-refractivity contribution in [2.24, 2.45) is 35.5 Å². The monoisotopic (exact) mass is 528 g/mol. The van der Waals surface area contributed by atoms with Gasteiger partial charge in [0, 0.05) is 5.54 Å². The molecule has 3 aliphatic carbocycles. The van der Waals surface area contributed by atoms with E-state index in [0.29, 0.717) is 5.54 Å². The number of unbranched alkanes of at least 4 members (excludes halogenated alkanes) is 4. The minimum absolute atomic E-state index is 0.440. The Morgan fingerprint density at radius 3 is 2.39 bits per heavy atom. The maximum atomic E-state index is 2.89. The summed E-state index contributed by atoms with van der Waals surface area (Å²) in [7, 11) is 2.51. The Balaban J connectivity index is 1.68. The molecule has 0 aliphatic heterocycles. The van der Waals surface area contributed by atoms with Crippen LogP contribution in [0.15, 0.2) is 11.6 Å². The second-order valence-electron chi connectivity index (χ2n) is 14.8. The zero-order valence-corrected chi connectivity index (χ0v) is 27.0. The van der Waals surface area contributed by atoms with Crippen molar-refractivity contribution in [1.82, 2.24) is 4.90 Å². The van der Waals surface area contributed by atoms with Gasteiger partial charge in [0.1, 0.15) is 0 Å². The molecule has 0 aromatic carbocycles. The first kappa shape index (κ1) is 32.2. The first-order chi connectivity index (χ1) is 18.4. The van der Waals surface area contributed by atoms with Gasteiger partial charge < -0.3 is 4.90 Å². The van der Waals surface area contributed by atoms with Crippen LogP contribution in [0, 0.1) is 35.5 Å². The summed E-state index contributed by atoms with van der Waals surface area (Å²) >= 11 is 0. The topological polar surface area (TPSA) is 3.24 Å². The van der Waals surface area contributed by atoms with Crippen molar-refractivity contribution in [3.8, 4) is 0 Å². The molecule has 0 amide bonds. The van der Waals surface area contributed by atoms with E-state index in [0.717, 1.165) is 35.5 Å². The predicted molar refractivity (Wildman–Crippen MR) is 170 cm³/mol. The number of hydrogen-bond acceptors (Lipinski definition) is 1. The Morgan fingerprint density at radius 2 is 1.68 bits per heavy atom. The molecule has 0 aromatic rings. The molecule has 3 saturated carbocycles. The minimum atomic E-state index is 0.440. The smallest absolute Gasteiger partial charge is 0.0237 e. The Kier molecular flexibility index (Phi) is 14.3. The first-order valence-corrected chi connectivity index (χ1v) is 17.8. The number of allylic oxidation sites excluding steroid dienone is 2. The molecule has 3 rings (SSSR count). The highest BCUT2D eigenvalue weighted by atomic mass is 15.2. The largest absolute Gasteiger partial charge is 0.300 e. The van der Waals surface area contributed by atoms with Gasteiger partial charge in [-0.25, -0.2) is 0 Å². The van der Waals surface area contributed by atoms with E-state index in [9.17, 15) is 0 Å². The van der Waals surface area contributed by atoms with Crippen LogP contribution in [-0.2, 0) is 0 Å². The Morgan fingerprint density at radius 1 is 0.921 bits per heavy atom. The molecule has 2 bridgehead atoms. The summed E-state index contributed by atoms with van der Waals surface area (Å²) < 4.78 is 0. The van der Waals surface area contributed by atoms with Gasteiger partial charge in [0.15, 0.2) is 0 Å². The summed E-state index contributed by atoms with van der Waals surface area (Å²) in [4.78, 5) is 2.89. The lowest BCUT2D eigenvalue weighted by atomic mass is 9.70. The SMILES string of the molecule is CCCC/C=C(\C)CC(CCCCC1CC2CC(C)CC1C2)CC(CCCC)(C1CCCC1)N(C)CCC. The summed E-state index contributed by atoms with van der Waals surface area (Å²) in [5.41, 5.74) is 2.13. The van der Waals surface area contributed by atoms with E-state index in [-0.39, 0.29) is 0 Å². The van der Waals surface area contributed by atoms with Crippen LogP contribution in [0.4, 0.5) is 0 Å². The molecule has 38 heavy (non-hydrogen) atoms. The molecule has 1 nitrogen and oxygen atoms in total. The molecular weight excluding hydrogens is 458 g/mol. The van der Waals surface area contributed by atoms with Gasteiger partial charge in [-0.2, -0.15) is 0 Å². The van der Waals surface area contributed by atoms with Crippen molar-refractivity contribution >= 4 is 0 Å². The van der Waals surface area contributed by atoms with Crippen molar-refractivity contribution < 1.29 is 0 Å². The number of fused-ring (bicyclic) bond motifs is 2. The highest BCUT2D eigenvalue weighted by Crippen LogP contribution is 2.50. The lowest BCUT2D eigenvalue weighted by molar-refractivity contribution is 0.0191. The van der Waals surface area contributed by atoms with Gasteiger partial charge in [-0.3, -0.25) is 0 Å². The molecule has 1 heteroatoms. The Labute approximate surface area is 240 Å². The second-order valence-corrected chi connectivity index (χ2v) is 14.8. The van der Waals surface area contributed by atoms with Crippen molar-refractivity contribution in [1.29, 1.82) is 0 Å². The zero-order valence-electron chi connectivity index (χ0n) is 27.0. The molecule has 6 atom stereocenters. The van der Waals surface area contributed by atoms with Gasteiger partial charge in [-0.05, 0) is 127 Å². The average Bonchev–Trinajstić information content (AvgIpc) is 3.52. The molecule has 0 N–H and O–H groups in total. The molecule has 0 saturated heterocycles. The number of hydrogen-bond donors (Lipinski definition) is 0. The van der Waals surface area contributed by atoms with Crippen LogP contribution in [0.3, 0.4) is 0 Å². The molecule has 3 aliphatic rings. The molecule has 0 spiro atoms. The third-order valence-corrected chi connectivity index (χ3v) is 11.5. The lowest BCUT2D eigenvalue weighted by Gasteiger charge is -2.49. The normalized spacial score (nSPS) is 28.8. The number of rotatable bonds is 19. The maximum Gasteiger partial charge on any atom is 0.0237 e. The van der Waals surface area contributed by atoms with E-state index >= 15 is 0 Å². The van der Waals surface area contributed by atoms with Crippen molar-refractivity contribution in [2.75, 3.05) is 13.6 Å². The van der Waals surface area contributed by atoms with E-state index in [2.05, 4.69) is 52.6 Å². The molecule has 6 unspecified atom stereocenters. The third-order valence-electron chi connectivity index (χ3n) is 11.5. The van der Waals surface area contributed by atoms with Gasteiger partial charge in [0.25, 0.3) is 0 Å². The Bertz CT molecular complexity index is 660. The molecular formula is C37H69N. The van der Waals surface area contributed by atoms with Crippen molar-refractivity contribution in [3.05, 3.63) is 11.6 Å². The van der Waals surface area contributed by atoms with Crippen LogP contribution in [0.1, 0.15) is 169 Å². The van der Waals surface area contributed by atoms with Gasteiger partial charge >= 0.3 is 0 Å². The zero-order chi connectivity index (χ0) is 27.4. The molecule has 3 fully saturated rings. The van der Waals surface area contributed by atoms with Crippen LogP contribution >= 0.6 is 0 Å². The second kappa shape index (κ2) is 16.8. The predicted octanol–water partition coefficient (Wildman–Crippen LogP) is 11.6. The van der Waals surface area contributed by atoms with Gasteiger partial charge in [0.2, 0.25) is 0 Å². The highest BCUT2D eigenvalue weighted by molar-refractivity contribution is 5.04. The quantitative estimate of drug-likeness (QED) is 0.119. The fraction of sp³-hybridized carbons (Fsp3) is 0.946. The van der Waals surface area contributed by atoms with Gasteiger partial charge in [-0.15, -0.1) is 0 Å². The molecule has 0 radical (unpaired) electrons. The van der Waals surface area contributed by atoms with Crippen LogP contribution < -0.4 is 0 Å². The molecule has 0 heterocycles. The van der Waals surface area contributed by atoms with Gasteiger partial charge in [-0.1, -0.05) is 104 Å². The standard InChI is InChI=1S/C37H69N/c1-7-10-12-17-30(4)24-32(18-13-14-19-34-27-33-25-31(5)26-35(34)28-33)29-37(22-11-8-2,38(6)23-9-3)36-20-15-16-21-36/h17,31-36H,7-16,18-29H2,1-6H3/b30-17+. The van der Waals surface area contributed by atoms with E-state index in [1.807, 2.05) is 0 Å². The van der Waals surface area contributed by atoms with Crippen LogP contribution in [0.5, 0.6) is 0 Å².